The highest BCUT2D eigenvalue weighted by atomic mass is 16.5. The van der Waals surface area contributed by atoms with Gasteiger partial charge in [-0.2, -0.15) is 0 Å². The second kappa shape index (κ2) is 8.29. The van der Waals surface area contributed by atoms with Crippen molar-refractivity contribution in [3.63, 3.8) is 0 Å². The summed E-state index contributed by atoms with van der Waals surface area (Å²) >= 11 is 0. The lowest BCUT2D eigenvalue weighted by Gasteiger charge is -2.44. The zero-order valence-electron chi connectivity index (χ0n) is 17.2. The highest BCUT2D eigenvalue weighted by Gasteiger charge is 2.53. The molecule has 0 saturated carbocycles. The number of carbonyl (C=O) groups is 2. The molecular weight excluding hydrogens is 360 g/mol. The lowest BCUT2D eigenvalue weighted by atomic mass is 9.85. The summed E-state index contributed by atoms with van der Waals surface area (Å²) in [5.41, 5.74) is -0.343. The van der Waals surface area contributed by atoms with Crippen LogP contribution < -0.4 is 14.2 Å². The summed E-state index contributed by atoms with van der Waals surface area (Å²) in [5, 5.41) is 0. The summed E-state index contributed by atoms with van der Waals surface area (Å²) in [7, 11) is 4.55. The molecule has 1 unspecified atom stereocenters. The van der Waals surface area contributed by atoms with E-state index < -0.39 is 5.54 Å². The Morgan fingerprint density at radius 1 is 1.04 bits per heavy atom. The Labute approximate surface area is 166 Å². The van der Waals surface area contributed by atoms with Crippen LogP contribution in [0.2, 0.25) is 0 Å². The monoisotopic (exact) mass is 390 g/mol. The van der Waals surface area contributed by atoms with E-state index in [-0.39, 0.29) is 11.8 Å². The number of ether oxygens (including phenoxy) is 3. The zero-order valence-corrected chi connectivity index (χ0v) is 17.2. The van der Waals surface area contributed by atoms with E-state index in [1.54, 1.807) is 17.0 Å². The molecular formula is C21H30N2O5. The van der Waals surface area contributed by atoms with Crippen LogP contribution in [0.3, 0.4) is 0 Å². The predicted octanol–water partition coefficient (Wildman–Crippen LogP) is 2.72. The van der Waals surface area contributed by atoms with Gasteiger partial charge in [0.15, 0.2) is 11.5 Å². The van der Waals surface area contributed by atoms with Gasteiger partial charge in [-0.3, -0.25) is 9.59 Å². The molecule has 2 saturated heterocycles. The molecule has 2 heterocycles. The maximum Gasteiger partial charge on any atom is 0.258 e. The van der Waals surface area contributed by atoms with Gasteiger partial charge in [0.05, 0.1) is 26.9 Å². The summed E-state index contributed by atoms with van der Waals surface area (Å²) in [5.74, 6) is 1.11. The van der Waals surface area contributed by atoms with Crippen LogP contribution in [0.15, 0.2) is 12.1 Å². The minimum Gasteiger partial charge on any atom is -0.493 e. The molecule has 7 heteroatoms. The SMILES string of the molecule is CCCN1CCCC2(CCCN2C(=O)c2ccc(OC)c(OC)c2OC)C1=O. The fraction of sp³-hybridized carbons (Fsp3) is 0.619. The van der Waals surface area contributed by atoms with Crippen LogP contribution in [0.25, 0.3) is 0 Å². The molecule has 1 atom stereocenters. The molecule has 0 aliphatic carbocycles. The molecule has 0 bridgehead atoms. The Balaban J connectivity index is 1.99. The van der Waals surface area contributed by atoms with Gasteiger partial charge in [0.1, 0.15) is 5.54 Å². The highest BCUT2D eigenvalue weighted by molar-refractivity contribution is 6.02. The normalized spacial score (nSPS) is 21.9. The maximum absolute atomic E-state index is 13.6. The summed E-state index contributed by atoms with van der Waals surface area (Å²) in [6.45, 7) is 4.15. The maximum atomic E-state index is 13.6. The van der Waals surface area contributed by atoms with Gasteiger partial charge in [-0.15, -0.1) is 0 Å². The second-order valence-corrected chi connectivity index (χ2v) is 7.37. The van der Waals surface area contributed by atoms with Gasteiger partial charge < -0.3 is 24.0 Å². The van der Waals surface area contributed by atoms with Gasteiger partial charge in [-0.1, -0.05) is 6.92 Å². The van der Waals surface area contributed by atoms with Crippen LogP contribution in [0.1, 0.15) is 49.4 Å². The van der Waals surface area contributed by atoms with Crippen molar-refractivity contribution in [2.24, 2.45) is 0 Å². The van der Waals surface area contributed by atoms with Gasteiger partial charge in [0.2, 0.25) is 11.7 Å². The molecule has 2 amide bonds. The molecule has 154 valence electrons. The number of piperidine rings is 1. The molecule has 0 aromatic heterocycles. The molecule has 2 fully saturated rings. The molecule has 0 radical (unpaired) electrons. The topological polar surface area (TPSA) is 68.3 Å². The number of nitrogens with zero attached hydrogens (tertiary/aromatic N) is 2. The van der Waals surface area contributed by atoms with E-state index in [0.29, 0.717) is 42.2 Å². The van der Waals surface area contributed by atoms with E-state index in [1.165, 1.54) is 21.3 Å². The van der Waals surface area contributed by atoms with Crippen LogP contribution in [-0.4, -0.2) is 68.1 Å². The first-order valence-corrected chi connectivity index (χ1v) is 9.94. The van der Waals surface area contributed by atoms with Crippen molar-refractivity contribution in [3.8, 4) is 17.2 Å². The average Bonchev–Trinajstić information content (AvgIpc) is 3.14. The van der Waals surface area contributed by atoms with Crippen molar-refractivity contribution < 1.29 is 23.8 Å². The quantitative estimate of drug-likeness (QED) is 0.747. The molecule has 28 heavy (non-hydrogen) atoms. The fourth-order valence-electron chi connectivity index (χ4n) is 4.62. The minimum atomic E-state index is -0.733. The van der Waals surface area contributed by atoms with Crippen molar-refractivity contribution in [2.45, 2.75) is 44.6 Å². The fourth-order valence-corrected chi connectivity index (χ4v) is 4.62. The van der Waals surface area contributed by atoms with E-state index in [0.717, 1.165) is 32.4 Å². The molecule has 2 aliphatic heterocycles. The summed E-state index contributed by atoms with van der Waals surface area (Å²) in [6, 6.07) is 3.38. The van der Waals surface area contributed by atoms with Crippen LogP contribution in [-0.2, 0) is 4.79 Å². The largest absolute Gasteiger partial charge is 0.493 e. The Bertz CT molecular complexity index is 749. The summed E-state index contributed by atoms with van der Waals surface area (Å²) in [6.07, 6.45) is 4.09. The lowest BCUT2D eigenvalue weighted by molar-refractivity contribution is -0.145. The Morgan fingerprint density at radius 3 is 2.32 bits per heavy atom. The predicted molar refractivity (Wildman–Crippen MR) is 105 cm³/mol. The zero-order chi connectivity index (χ0) is 20.3. The van der Waals surface area contributed by atoms with Crippen LogP contribution in [0, 0.1) is 0 Å². The van der Waals surface area contributed by atoms with Gasteiger partial charge in [-0.25, -0.2) is 0 Å². The van der Waals surface area contributed by atoms with Crippen molar-refractivity contribution >= 4 is 11.8 Å². The number of carbonyl (C=O) groups excluding carboxylic acids is 2. The average molecular weight is 390 g/mol. The van der Waals surface area contributed by atoms with Crippen molar-refractivity contribution in [1.82, 2.24) is 9.80 Å². The number of hydrogen-bond donors (Lipinski definition) is 0. The molecule has 2 aliphatic rings. The third kappa shape index (κ3) is 3.16. The number of likely N-dealkylation sites (tertiary alicyclic amines) is 2. The van der Waals surface area contributed by atoms with Gasteiger partial charge >= 0.3 is 0 Å². The smallest absolute Gasteiger partial charge is 0.258 e. The minimum absolute atomic E-state index is 0.0888. The third-order valence-electron chi connectivity index (χ3n) is 5.87. The van der Waals surface area contributed by atoms with Crippen LogP contribution >= 0.6 is 0 Å². The summed E-state index contributed by atoms with van der Waals surface area (Å²) < 4.78 is 16.2. The van der Waals surface area contributed by atoms with E-state index in [4.69, 9.17) is 14.2 Å². The van der Waals surface area contributed by atoms with Gasteiger partial charge in [0.25, 0.3) is 5.91 Å². The number of hydrogen-bond acceptors (Lipinski definition) is 5. The Morgan fingerprint density at radius 2 is 1.71 bits per heavy atom. The van der Waals surface area contributed by atoms with Crippen LogP contribution in [0.4, 0.5) is 0 Å². The van der Waals surface area contributed by atoms with Crippen molar-refractivity contribution in [1.29, 1.82) is 0 Å². The molecule has 1 aromatic rings. The summed E-state index contributed by atoms with van der Waals surface area (Å²) in [4.78, 5) is 30.6. The molecule has 1 spiro atoms. The Kier molecular flexibility index (Phi) is 6.01. The lowest BCUT2D eigenvalue weighted by Crippen LogP contribution is -2.61. The first-order chi connectivity index (χ1) is 13.5. The van der Waals surface area contributed by atoms with Gasteiger partial charge in [-0.05, 0) is 44.2 Å². The number of methoxy groups -OCH3 is 3. The van der Waals surface area contributed by atoms with E-state index in [9.17, 15) is 9.59 Å². The molecule has 3 rings (SSSR count). The first kappa shape index (κ1) is 20.3. The molecule has 1 aromatic carbocycles. The van der Waals surface area contributed by atoms with E-state index >= 15 is 0 Å². The van der Waals surface area contributed by atoms with Gasteiger partial charge in [0, 0.05) is 19.6 Å². The standard InChI is InChI=1S/C21H30N2O5/c1-5-12-22-13-6-10-21(20(22)25)11-7-14-23(21)19(24)15-8-9-16(26-2)18(28-4)17(15)27-3/h8-9H,5-7,10-14H2,1-4H3. The van der Waals surface area contributed by atoms with E-state index in [2.05, 4.69) is 6.92 Å². The first-order valence-electron chi connectivity index (χ1n) is 9.94. The molecule has 0 N–H and O–H groups in total. The van der Waals surface area contributed by atoms with Crippen molar-refractivity contribution in [2.75, 3.05) is 41.0 Å². The third-order valence-corrected chi connectivity index (χ3v) is 5.87. The Hall–Kier alpha value is -2.44. The molecule has 7 nitrogen and oxygen atoms in total. The number of amides is 2. The number of benzene rings is 1. The van der Waals surface area contributed by atoms with E-state index in [1.807, 2.05) is 4.90 Å². The van der Waals surface area contributed by atoms with Crippen LogP contribution in [0.5, 0.6) is 17.2 Å². The second-order valence-electron chi connectivity index (χ2n) is 7.37. The highest BCUT2D eigenvalue weighted by Crippen LogP contribution is 2.43. The van der Waals surface area contributed by atoms with Crippen molar-refractivity contribution in [3.05, 3.63) is 17.7 Å². The number of rotatable bonds is 6.